The summed E-state index contributed by atoms with van der Waals surface area (Å²) in [7, 11) is 0. The van der Waals surface area contributed by atoms with Crippen molar-refractivity contribution in [3.63, 3.8) is 0 Å². The van der Waals surface area contributed by atoms with Crippen molar-refractivity contribution < 1.29 is 5.11 Å². The molecular weight excluding hydrogens is 160 g/mol. The Morgan fingerprint density at radius 1 is 0.846 bits per heavy atom. The van der Waals surface area contributed by atoms with E-state index in [2.05, 4.69) is 6.92 Å². The van der Waals surface area contributed by atoms with Crippen molar-refractivity contribution in [2.75, 3.05) is 0 Å². The first kappa shape index (κ1) is 12.5. The molecule has 0 bridgehead atoms. The van der Waals surface area contributed by atoms with Gasteiger partial charge in [-0.25, -0.2) is 0 Å². The zero-order chi connectivity index (χ0) is 9.78. The van der Waals surface area contributed by atoms with Crippen molar-refractivity contribution in [2.45, 2.75) is 64.7 Å². The Morgan fingerprint density at radius 3 is 1.92 bits per heavy atom. The summed E-state index contributed by atoms with van der Waals surface area (Å²) in [5, 5.41) is 8.39. The highest BCUT2D eigenvalue weighted by Crippen LogP contribution is 2.09. The molecular formula is C12H24O. The number of aliphatic hydroxyl groups is 1. The van der Waals surface area contributed by atoms with E-state index in [4.69, 9.17) is 5.11 Å². The highest BCUT2D eigenvalue weighted by atomic mass is 16.2. The van der Waals surface area contributed by atoms with E-state index in [1.165, 1.54) is 51.4 Å². The van der Waals surface area contributed by atoms with Crippen LogP contribution in [0.15, 0.2) is 12.3 Å². The largest absolute Gasteiger partial charge is 0.516 e. The van der Waals surface area contributed by atoms with Crippen LogP contribution in [0, 0.1) is 0 Å². The molecule has 0 atom stereocenters. The number of allylic oxidation sites excluding steroid dienone is 1. The molecule has 0 spiro atoms. The molecule has 0 rings (SSSR count). The molecule has 0 radical (unpaired) electrons. The molecule has 0 saturated carbocycles. The Bertz CT molecular complexity index is 108. The second-order valence-corrected chi connectivity index (χ2v) is 3.65. The van der Waals surface area contributed by atoms with Crippen molar-refractivity contribution in [3.05, 3.63) is 12.3 Å². The third-order valence-electron chi connectivity index (χ3n) is 2.33. The second-order valence-electron chi connectivity index (χ2n) is 3.65. The molecule has 1 N–H and O–H groups in total. The quantitative estimate of drug-likeness (QED) is 0.410. The maximum Gasteiger partial charge on any atom is 0.0751 e. The van der Waals surface area contributed by atoms with Gasteiger partial charge in [-0.15, -0.1) is 0 Å². The molecule has 0 saturated heterocycles. The van der Waals surface area contributed by atoms with E-state index in [-0.39, 0.29) is 0 Å². The van der Waals surface area contributed by atoms with Crippen molar-refractivity contribution in [3.8, 4) is 0 Å². The van der Waals surface area contributed by atoms with Crippen LogP contribution in [-0.4, -0.2) is 5.11 Å². The molecule has 78 valence electrons. The molecule has 13 heavy (non-hydrogen) atoms. The molecule has 1 heteroatoms. The van der Waals surface area contributed by atoms with Crippen molar-refractivity contribution >= 4 is 0 Å². The van der Waals surface area contributed by atoms with Gasteiger partial charge in [0.15, 0.2) is 0 Å². The van der Waals surface area contributed by atoms with Gasteiger partial charge in [0, 0.05) is 0 Å². The first-order valence-electron chi connectivity index (χ1n) is 5.71. The van der Waals surface area contributed by atoms with Crippen molar-refractivity contribution in [1.82, 2.24) is 0 Å². The summed E-state index contributed by atoms with van der Waals surface area (Å²) < 4.78 is 0. The molecule has 0 fully saturated rings. The van der Waals surface area contributed by atoms with Gasteiger partial charge in [0.1, 0.15) is 0 Å². The van der Waals surface area contributed by atoms with Crippen LogP contribution < -0.4 is 0 Å². The first-order valence-corrected chi connectivity index (χ1v) is 5.71. The average Bonchev–Trinajstić information content (AvgIpc) is 2.16. The lowest BCUT2D eigenvalue weighted by atomic mass is 10.1. The number of rotatable bonds is 9. The maximum atomic E-state index is 8.39. The molecule has 0 aromatic rings. The molecule has 0 aromatic carbocycles. The Morgan fingerprint density at radius 2 is 1.38 bits per heavy atom. The molecule has 0 heterocycles. The van der Waals surface area contributed by atoms with Gasteiger partial charge in [-0.3, -0.25) is 0 Å². The van der Waals surface area contributed by atoms with E-state index in [0.717, 1.165) is 12.7 Å². The fourth-order valence-corrected chi connectivity index (χ4v) is 1.47. The van der Waals surface area contributed by atoms with Gasteiger partial charge >= 0.3 is 0 Å². The Hall–Kier alpha value is -0.460. The highest BCUT2D eigenvalue weighted by molar-refractivity contribution is 4.70. The first-order chi connectivity index (χ1) is 6.41. The van der Waals surface area contributed by atoms with Gasteiger partial charge in [0.25, 0.3) is 0 Å². The predicted molar refractivity (Wildman–Crippen MR) is 59.0 cm³/mol. The van der Waals surface area contributed by atoms with Crippen LogP contribution in [-0.2, 0) is 0 Å². The molecule has 0 aromatic heterocycles. The molecule has 0 aliphatic carbocycles. The fraction of sp³-hybridized carbons (Fsp3) is 0.833. The third kappa shape index (κ3) is 11.5. The minimum Gasteiger partial charge on any atom is -0.516 e. The Labute approximate surface area is 82.9 Å². The summed E-state index contributed by atoms with van der Waals surface area (Å²) in [5.41, 5.74) is 0. The minimum absolute atomic E-state index is 1.03. The van der Waals surface area contributed by atoms with E-state index in [1.54, 1.807) is 0 Å². The average molecular weight is 184 g/mol. The van der Waals surface area contributed by atoms with Gasteiger partial charge < -0.3 is 5.11 Å². The molecule has 0 amide bonds. The summed E-state index contributed by atoms with van der Waals surface area (Å²) in [6.45, 7) is 2.25. The fourth-order valence-electron chi connectivity index (χ4n) is 1.47. The topological polar surface area (TPSA) is 20.2 Å². The summed E-state index contributed by atoms with van der Waals surface area (Å²) in [4.78, 5) is 0. The Kier molecular flexibility index (Phi) is 11.1. The van der Waals surface area contributed by atoms with Crippen LogP contribution in [0.1, 0.15) is 64.7 Å². The van der Waals surface area contributed by atoms with E-state index in [0.29, 0.717) is 0 Å². The molecule has 0 aliphatic rings. The second kappa shape index (κ2) is 11.5. The van der Waals surface area contributed by atoms with Crippen molar-refractivity contribution in [2.24, 2.45) is 0 Å². The lowest BCUT2D eigenvalue weighted by Gasteiger charge is -1.99. The van der Waals surface area contributed by atoms with Crippen LogP contribution >= 0.6 is 0 Å². The van der Waals surface area contributed by atoms with E-state index in [1.807, 2.05) is 6.08 Å². The van der Waals surface area contributed by atoms with Crippen LogP contribution in [0.5, 0.6) is 0 Å². The van der Waals surface area contributed by atoms with Gasteiger partial charge in [0.2, 0.25) is 0 Å². The molecule has 0 unspecified atom stereocenters. The maximum absolute atomic E-state index is 8.39. The lowest BCUT2D eigenvalue weighted by Crippen LogP contribution is -1.79. The standard InChI is InChI=1S/C12H24O/c1-2-3-4-5-6-7-8-9-10-11-12-13/h11-13H,2-10H2,1H3/b12-11-. The molecule has 1 nitrogen and oxygen atoms in total. The Balaban J connectivity index is 2.83. The van der Waals surface area contributed by atoms with E-state index < -0.39 is 0 Å². The zero-order valence-corrected chi connectivity index (χ0v) is 8.97. The SMILES string of the molecule is CCCCCCCCCC/C=C\O. The monoisotopic (exact) mass is 184 g/mol. The lowest BCUT2D eigenvalue weighted by molar-refractivity contribution is 0.469. The number of hydrogen-bond donors (Lipinski definition) is 1. The smallest absolute Gasteiger partial charge is 0.0751 e. The van der Waals surface area contributed by atoms with Crippen LogP contribution in [0.2, 0.25) is 0 Å². The van der Waals surface area contributed by atoms with Gasteiger partial charge in [-0.05, 0) is 12.8 Å². The molecule has 0 aliphatic heterocycles. The van der Waals surface area contributed by atoms with Crippen LogP contribution in [0.4, 0.5) is 0 Å². The van der Waals surface area contributed by atoms with Gasteiger partial charge in [-0.1, -0.05) is 57.9 Å². The van der Waals surface area contributed by atoms with Crippen LogP contribution in [0.3, 0.4) is 0 Å². The number of unbranched alkanes of at least 4 members (excludes halogenated alkanes) is 8. The van der Waals surface area contributed by atoms with Gasteiger partial charge in [-0.2, -0.15) is 0 Å². The van der Waals surface area contributed by atoms with Crippen molar-refractivity contribution in [1.29, 1.82) is 0 Å². The normalized spacial score (nSPS) is 11.2. The minimum atomic E-state index is 1.03. The van der Waals surface area contributed by atoms with Gasteiger partial charge in [0.05, 0.1) is 6.26 Å². The number of aliphatic hydroxyl groups excluding tert-OH is 1. The predicted octanol–water partition coefficient (Wildman–Crippen LogP) is 4.59. The van der Waals surface area contributed by atoms with E-state index in [9.17, 15) is 0 Å². The summed E-state index contributed by atoms with van der Waals surface area (Å²) in [6, 6.07) is 0. The summed E-state index contributed by atoms with van der Waals surface area (Å²) in [5.74, 6) is 0. The van der Waals surface area contributed by atoms with E-state index >= 15 is 0 Å². The third-order valence-corrected chi connectivity index (χ3v) is 2.33. The number of hydrogen-bond acceptors (Lipinski definition) is 1. The van der Waals surface area contributed by atoms with Crippen LogP contribution in [0.25, 0.3) is 0 Å². The highest BCUT2D eigenvalue weighted by Gasteiger charge is 1.89. The zero-order valence-electron chi connectivity index (χ0n) is 8.97. The summed E-state index contributed by atoms with van der Waals surface area (Å²) >= 11 is 0. The summed E-state index contributed by atoms with van der Waals surface area (Å²) in [6.07, 6.45) is 14.9.